The van der Waals surface area contributed by atoms with Crippen molar-refractivity contribution in [2.45, 2.75) is 26.9 Å². The molecule has 0 spiro atoms. The molecule has 0 saturated carbocycles. The van der Waals surface area contributed by atoms with Crippen LogP contribution in [0.25, 0.3) is 0 Å². The summed E-state index contributed by atoms with van der Waals surface area (Å²) < 4.78 is 18.8. The number of hydrogen-bond acceptors (Lipinski definition) is 3. The predicted molar refractivity (Wildman–Crippen MR) is 67.0 cm³/mol. The molecule has 2 nitrogen and oxygen atoms in total. The normalized spacial score (nSPS) is 10.5. The Morgan fingerprint density at radius 1 is 1.41 bits per heavy atom. The van der Waals surface area contributed by atoms with Gasteiger partial charge in [0.2, 0.25) is 0 Å². The average molecular weight is 251 g/mol. The summed E-state index contributed by atoms with van der Waals surface area (Å²) >= 11 is 1.61. The van der Waals surface area contributed by atoms with Gasteiger partial charge in [-0.1, -0.05) is 13.0 Å². The Kier molecular flexibility index (Phi) is 3.74. The van der Waals surface area contributed by atoms with Crippen molar-refractivity contribution in [3.05, 3.63) is 45.7 Å². The lowest BCUT2D eigenvalue weighted by atomic mass is 10.2. The number of halogens is 1. The van der Waals surface area contributed by atoms with Gasteiger partial charge in [0.1, 0.15) is 6.61 Å². The summed E-state index contributed by atoms with van der Waals surface area (Å²) in [6.07, 6.45) is 0.920. The van der Waals surface area contributed by atoms with E-state index in [0.29, 0.717) is 6.61 Å². The smallest absolute Gasteiger partial charge is 0.165 e. The molecule has 2 aromatic rings. The third kappa shape index (κ3) is 3.03. The molecule has 90 valence electrons. The van der Waals surface area contributed by atoms with E-state index in [2.05, 4.69) is 11.9 Å². The summed E-state index contributed by atoms with van der Waals surface area (Å²) in [6.45, 7) is 4.28. The molecule has 0 fully saturated rings. The van der Waals surface area contributed by atoms with Crippen LogP contribution >= 0.6 is 11.3 Å². The van der Waals surface area contributed by atoms with Gasteiger partial charge >= 0.3 is 0 Å². The molecule has 0 aliphatic rings. The number of thiazole rings is 1. The van der Waals surface area contributed by atoms with Crippen molar-refractivity contribution in [3.63, 3.8) is 0 Å². The maximum atomic E-state index is 13.4. The molecule has 0 N–H and O–H groups in total. The van der Waals surface area contributed by atoms with Crippen LogP contribution in [0.4, 0.5) is 4.39 Å². The number of ether oxygens (including phenoxy) is 1. The van der Waals surface area contributed by atoms with Gasteiger partial charge in [-0.2, -0.15) is 0 Å². The number of aromatic nitrogens is 1. The molecule has 4 heteroatoms. The maximum Gasteiger partial charge on any atom is 0.165 e. The molecule has 0 bridgehead atoms. The quantitative estimate of drug-likeness (QED) is 0.826. The van der Waals surface area contributed by atoms with Gasteiger partial charge in [-0.05, 0) is 31.0 Å². The Morgan fingerprint density at radius 3 is 2.94 bits per heavy atom. The largest absolute Gasteiger partial charge is 0.484 e. The van der Waals surface area contributed by atoms with E-state index in [0.717, 1.165) is 22.7 Å². The lowest BCUT2D eigenvalue weighted by Crippen LogP contribution is -1.98. The summed E-state index contributed by atoms with van der Waals surface area (Å²) in [7, 11) is 0. The number of aryl methyl sites for hydroxylation is 2. The SMILES string of the molecule is CCc1nc(COc2cc(C)ccc2F)cs1. The zero-order valence-electron chi connectivity index (χ0n) is 9.87. The first-order valence-corrected chi connectivity index (χ1v) is 6.39. The molecule has 17 heavy (non-hydrogen) atoms. The van der Waals surface area contributed by atoms with Crippen LogP contribution in [-0.4, -0.2) is 4.98 Å². The Hall–Kier alpha value is -1.42. The molecule has 0 saturated heterocycles. The lowest BCUT2D eigenvalue weighted by Gasteiger charge is -2.06. The van der Waals surface area contributed by atoms with Crippen molar-refractivity contribution < 1.29 is 9.13 Å². The van der Waals surface area contributed by atoms with Crippen molar-refractivity contribution in [1.29, 1.82) is 0 Å². The minimum absolute atomic E-state index is 0.288. The number of nitrogens with zero attached hydrogens (tertiary/aromatic N) is 1. The first-order chi connectivity index (χ1) is 8.19. The zero-order chi connectivity index (χ0) is 12.3. The summed E-state index contributed by atoms with van der Waals surface area (Å²) in [6, 6.07) is 4.84. The molecule has 0 atom stereocenters. The van der Waals surface area contributed by atoms with Crippen LogP contribution in [0.5, 0.6) is 5.75 Å². The third-order valence-corrected chi connectivity index (χ3v) is 3.41. The first-order valence-electron chi connectivity index (χ1n) is 5.51. The monoisotopic (exact) mass is 251 g/mol. The Bertz CT molecular complexity index is 510. The van der Waals surface area contributed by atoms with E-state index >= 15 is 0 Å². The summed E-state index contributed by atoms with van der Waals surface area (Å²) in [5, 5.41) is 3.03. The average Bonchev–Trinajstić information content (AvgIpc) is 2.78. The second-order valence-corrected chi connectivity index (χ2v) is 4.75. The standard InChI is InChI=1S/C13H14FNOS/c1-3-13-15-10(8-17-13)7-16-12-6-9(2)4-5-11(12)14/h4-6,8H,3,7H2,1-2H3. The van der Waals surface area contributed by atoms with Crippen molar-refractivity contribution >= 4 is 11.3 Å². The maximum absolute atomic E-state index is 13.4. The Labute approximate surface area is 104 Å². The highest BCUT2D eigenvalue weighted by atomic mass is 32.1. The van der Waals surface area contributed by atoms with Gasteiger partial charge in [0.05, 0.1) is 10.7 Å². The highest BCUT2D eigenvalue weighted by molar-refractivity contribution is 7.09. The van der Waals surface area contributed by atoms with E-state index in [1.807, 2.05) is 12.3 Å². The van der Waals surface area contributed by atoms with Crippen LogP contribution in [0.2, 0.25) is 0 Å². The number of benzene rings is 1. The second kappa shape index (κ2) is 5.27. The van der Waals surface area contributed by atoms with E-state index in [4.69, 9.17) is 4.74 Å². The van der Waals surface area contributed by atoms with Crippen molar-refractivity contribution in [2.24, 2.45) is 0 Å². The van der Waals surface area contributed by atoms with Gasteiger partial charge < -0.3 is 4.74 Å². The topological polar surface area (TPSA) is 22.1 Å². The fourth-order valence-electron chi connectivity index (χ4n) is 1.45. The fraction of sp³-hybridized carbons (Fsp3) is 0.308. The molecule has 0 amide bonds. The Morgan fingerprint density at radius 2 is 2.24 bits per heavy atom. The van der Waals surface area contributed by atoms with E-state index in [1.54, 1.807) is 23.5 Å². The van der Waals surface area contributed by atoms with Gasteiger partial charge in [0.25, 0.3) is 0 Å². The molecule has 1 aromatic carbocycles. The molecule has 1 aromatic heterocycles. The first kappa shape index (κ1) is 12.0. The number of rotatable bonds is 4. The zero-order valence-corrected chi connectivity index (χ0v) is 10.7. The molecule has 0 aliphatic heterocycles. The van der Waals surface area contributed by atoms with Crippen LogP contribution < -0.4 is 4.74 Å². The van der Waals surface area contributed by atoms with Crippen molar-refractivity contribution in [1.82, 2.24) is 4.98 Å². The van der Waals surface area contributed by atoms with Crippen LogP contribution in [-0.2, 0) is 13.0 Å². The van der Waals surface area contributed by atoms with Crippen LogP contribution in [0.1, 0.15) is 23.2 Å². The fourth-order valence-corrected chi connectivity index (χ4v) is 2.18. The molecule has 1 heterocycles. The Balaban J connectivity index is 2.04. The summed E-state index contributed by atoms with van der Waals surface area (Å²) in [5.41, 5.74) is 1.83. The van der Waals surface area contributed by atoms with Crippen LogP contribution in [0.15, 0.2) is 23.6 Å². The van der Waals surface area contributed by atoms with E-state index in [9.17, 15) is 4.39 Å². The van der Waals surface area contributed by atoms with Crippen LogP contribution in [0, 0.1) is 12.7 Å². The van der Waals surface area contributed by atoms with E-state index in [-0.39, 0.29) is 11.6 Å². The minimum Gasteiger partial charge on any atom is -0.484 e. The van der Waals surface area contributed by atoms with Gasteiger partial charge in [0, 0.05) is 5.38 Å². The molecular formula is C13H14FNOS. The predicted octanol–water partition coefficient (Wildman–Crippen LogP) is 3.73. The van der Waals surface area contributed by atoms with Crippen LogP contribution in [0.3, 0.4) is 0 Å². The van der Waals surface area contributed by atoms with Gasteiger partial charge in [-0.25, -0.2) is 9.37 Å². The van der Waals surface area contributed by atoms with Crippen molar-refractivity contribution in [3.8, 4) is 5.75 Å². The molecule has 2 rings (SSSR count). The van der Waals surface area contributed by atoms with Gasteiger partial charge in [0.15, 0.2) is 11.6 Å². The summed E-state index contributed by atoms with van der Waals surface area (Å²) in [4.78, 5) is 4.37. The minimum atomic E-state index is -0.332. The summed E-state index contributed by atoms with van der Waals surface area (Å²) in [5.74, 6) is -0.0439. The highest BCUT2D eigenvalue weighted by Gasteiger charge is 2.05. The van der Waals surface area contributed by atoms with Gasteiger partial charge in [-0.15, -0.1) is 11.3 Å². The molecule has 0 aliphatic carbocycles. The molecule has 0 radical (unpaired) electrons. The molecule has 0 unspecified atom stereocenters. The van der Waals surface area contributed by atoms with Gasteiger partial charge in [-0.3, -0.25) is 0 Å². The van der Waals surface area contributed by atoms with Crippen molar-refractivity contribution in [2.75, 3.05) is 0 Å². The third-order valence-electron chi connectivity index (χ3n) is 2.36. The van der Waals surface area contributed by atoms with E-state index < -0.39 is 0 Å². The lowest BCUT2D eigenvalue weighted by molar-refractivity contribution is 0.286. The highest BCUT2D eigenvalue weighted by Crippen LogP contribution is 2.20. The molecular weight excluding hydrogens is 237 g/mol. The number of hydrogen-bond donors (Lipinski definition) is 0. The van der Waals surface area contributed by atoms with E-state index in [1.165, 1.54) is 6.07 Å². The second-order valence-electron chi connectivity index (χ2n) is 3.81.